The average Bonchev–Trinajstić information content (AvgIpc) is 2.28. The van der Waals surface area contributed by atoms with E-state index in [4.69, 9.17) is 5.11 Å². The van der Waals surface area contributed by atoms with Crippen LogP contribution in [0.5, 0.6) is 0 Å². The summed E-state index contributed by atoms with van der Waals surface area (Å²) in [7, 11) is 0. The number of nitrogens with one attached hydrogen (secondary N) is 2. The van der Waals surface area contributed by atoms with Crippen molar-refractivity contribution < 1.29 is 23.9 Å². The van der Waals surface area contributed by atoms with Crippen LogP contribution >= 0.6 is 0 Å². The summed E-state index contributed by atoms with van der Waals surface area (Å²) in [5.41, 5.74) is -0.465. The first kappa shape index (κ1) is 13.6. The normalized spacial score (nSPS) is 9.67. The molecule has 7 heteroatoms. The van der Waals surface area contributed by atoms with Crippen molar-refractivity contribution in [3.8, 4) is 0 Å². The highest BCUT2D eigenvalue weighted by molar-refractivity contribution is 5.98. The molecule has 0 aromatic heterocycles. The number of carbonyl (C=O) groups excluding carboxylic acids is 2. The van der Waals surface area contributed by atoms with E-state index in [0.29, 0.717) is 0 Å². The minimum absolute atomic E-state index is 0.134. The number of carboxylic acid groups (broad SMARTS) is 1. The summed E-state index contributed by atoms with van der Waals surface area (Å²) < 4.78 is 13.8. The Labute approximate surface area is 102 Å². The number of aliphatic carboxylic acids is 1. The summed E-state index contributed by atoms with van der Waals surface area (Å²) in [6.45, 7) is 0.596. The summed E-state index contributed by atoms with van der Waals surface area (Å²) in [4.78, 5) is 32.6. The molecule has 0 atom stereocenters. The maximum absolute atomic E-state index is 13.8. The zero-order valence-corrected chi connectivity index (χ0v) is 9.49. The number of carbonyl (C=O) groups is 3. The van der Waals surface area contributed by atoms with Crippen molar-refractivity contribution in [2.45, 2.75) is 6.92 Å². The second-order valence-electron chi connectivity index (χ2n) is 3.42. The molecule has 18 heavy (non-hydrogen) atoms. The van der Waals surface area contributed by atoms with E-state index >= 15 is 0 Å². The number of carboxylic acids is 1. The fourth-order valence-corrected chi connectivity index (χ4v) is 1.24. The third-order valence-corrected chi connectivity index (χ3v) is 1.95. The number of hydrogen-bond donors (Lipinski definition) is 3. The molecule has 1 rings (SSSR count). The van der Waals surface area contributed by atoms with Gasteiger partial charge in [0.15, 0.2) is 5.82 Å². The highest BCUT2D eigenvalue weighted by atomic mass is 19.1. The van der Waals surface area contributed by atoms with Crippen molar-refractivity contribution in [3.05, 3.63) is 29.6 Å². The third-order valence-electron chi connectivity index (χ3n) is 1.95. The Balaban J connectivity index is 2.92. The first-order valence-electron chi connectivity index (χ1n) is 4.98. The Bertz CT molecular complexity index is 502. The molecule has 0 saturated heterocycles. The number of amides is 2. The lowest BCUT2D eigenvalue weighted by Gasteiger charge is -2.08. The minimum Gasteiger partial charge on any atom is -0.480 e. The molecular formula is C11H11FN2O4. The number of hydrogen-bond acceptors (Lipinski definition) is 3. The lowest BCUT2D eigenvalue weighted by Crippen LogP contribution is -2.30. The SMILES string of the molecule is CC(=O)Nc1cccc(C(=O)NCC(=O)O)c1F. The van der Waals surface area contributed by atoms with Gasteiger partial charge >= 0.3 is 5.97 Å². The summed E-state index contributed by atoms with van der Waals surface area (Å²) in [6.07, 6.45) is 0. The van der Waals surface area contributed by atoms with E-state index < -0.39 is 30.1 Å². The van der Waals surface area contributed by atoms with Crippen LogP contribution in [0.2, 0.25) is 0 Å². The predicted octanol–water partition coefficient (Wildman–Crippen LogP) is 0.598. The Hall–Kier alpha value is -2.44. The van der Waals surface area contributed by atoms with E-state index in [1.807, 2.05) is 5.32 Å². The van der Waals surface area contributed by atoms with Gasteiger partial charge in [0.05, 0.1) is 11.3 Å². The van der Waals surface area contributed by atoms with Crippen molar-refractivity contribution in [1.82, 2.24) is 5.32 Å². The van der Waals surface area contributed by atoms with Crippen LogP contribution < -0.4 is 10.6 Å². The molecule has 0 bridgehead atoms. The molecular weight excluding hydrogens is 243 g/mol. The van der Waals surface area contributed by atoms with E-state index in [1.165, 1.54) is 25.1 Å². The van der Waals surface area contributed by atoms with Crippen molar-refractivity contribution in [2.24, 2.45) is 0 Å². The molecule has 0 aliphatic carbocycles. The van der Waals surface area contributed by atoms with Gasteiger partial charge in [0, 0.05) is 6.92 Å². The van der Waals surface area contributed by atoms with Gasteiger partial charge in [-0.05, 0) is 12.1 Å². The number of rotatable bonds is 4. The van der Waals surface area contributed by atoms with Crippen molar-refractivity contribution in [3.63, 3.8) is 0 Å². The zero-order chi connectivity index (χ0) is 13.7. The molecule has 2 amide bonds. The molecule has 0 spiro atoms. The van der Waals surface area contributed by atoms with Gasteiger partial charge in [-0.2, -0.15) is 0 Å². The smallest absolute Gasteiger partial charge is 0.322 e. The van der Waals surface area contributed by atoms with Gasteiger partial charge in [0.25, 0.3) is 5.91 Å². The molecule has 1 aromatic rings. The summed E-state index contributed by atoms with van der Waals surface area (Å²) in [6, 6.07) is 3.87. The number of benzene rings is 1. The van der Waals surface area contributed by atoms with Crippen LogP contribution in [0.25, 0.3) is 0 Å². The Kier molecular flexibility index (Phi) is 4.36. The second kappa shape index (κ2) is 5.76. The Morgan fingerprint density at radius 3 is 2.56 bits per heavy atom. The largest absolute Gasteiger partial charge is 0.480 e. The Morgan fingerprint density at radius 1 is 1.33 bits per heavy atom. The van der Waals surface area contributed by atoms with Gasteiger partial charge in [-0.1, -0.05) is 6.07 Å². The summed E-state index contributed by atoms with van der Waals surface area (Å²) in [5.74, 6) is -3.48. The fraction of sp³-hybridized carbons (Fsp3) is 0.182. The second-order valence-corrected chi connectivity index (χ2v) is 3.42. The van der Waals surface area contributed by atoms with E-state index in [9.17, 15) is 18.8 Å². The average molecular weight is 254 g/mol. The number of halogens is 1. The monoisotopic (exact) mass is 254 g/mol. The van der Waals surface area contributed by atoms with E-state index in [-0.39, 0.29) is 11.3 Å². The maximum atomic E-state index is 13.8. The summed E-state index contributed by atoms with van der Waals surface area (Å²) in [5, 5.41) is 12.6. The van der Waals surface area contributed by atoms with Crippen LogP contribution in [0.3, 0.4) is 0 Å². The fourth-order valence-electron chi connectivity index (χ4n) is 1.24. The van der Waals surface area contributed by atoms with E-state index in [0.717, 1.165) is 0 Å². The van der Waals surface area contributed by atoms with Crippen LogP contribution in [0.4, 0.5) is 10.1 Å². The molecule has 3 N–H and O–H groups in total. The molecule has 0 aliphatic rings. The van der Waals surface area contributed by atoms with Crippen LogP contribution in [0, 0.1) is 5.82 Å². The lowest BCUT2D eigenvalue weighted by molar-refractivity contribution is -0.135. The molecule has 0 aliphatic heterocycles. The Morgan fingerprint density at radius 2 is 2.00 bits per heavy atom. The van der Waals surface area contributed by atoms with Crippen molar-refractivity contribution in [1.29, 1.82) is 0 Å². The van der Waals surface area contributed by atoms with Crippen LogP contribution in [0.1, 0.15) is 17.3 Å². The molecule has 0 radical (unpaired) electrons. The molecule has 0 saturated carbocycles. The van der Waals surface area contributed by atoms with E-state index in [2.05, 4.69) is 5.32 Å². The molecule has 0 heterocycles. The highest BCUT2D eigenvalue weighted by Gasteiger charge is 2.15. The third kappa shape index (κ3) is 3.55. The highest BCUT2D eigenvalue weighted by Crippen LogP contribution is 2.17. The quantitative estimate of drug-likeness (QED) is 0.733. The molecule has 6 nitrogen and oxygen atoms in total. The van der Waals surface area contributed by atoms with Gasteiger partial charge in [-0.3, -0.25) is 14.4 Å². The van der Waals surface area contributed by atoms with Gasteiger partial charge in [0.1, 0.15) is 6.54 Å². The van der Waals surface area contributed by atoms with Gasteiger partial charge < -0.3 is 15.7 Å². The zero-order valence-electron chi connectivity index (χ0n) is 9.49. The first-order chi connectivity index (χ1) is 8.41. The molecule has 1 aromatic carbocycles. The molecule has 0 unspecified atom stereocenters. The van der Waals surface area contributed by atoms with Crippen molar-refractivity contribution in [2.75, 3.05) is 11.9 Å². The van der Waals surface area contributed by atoms with Gasteiger partial charge in [-0.25, -0.2) is 4.39 Å². The molecule has 96 valence electrons. The van der Waals surface area contributed by atoms with Crippen molar-refractivity contribution >= 4 is 23.5 Å². The van der Waals surface area contributed by atoms with Crippen LogP contribution in [0.15, 0.2) is 18.2 Å². The predicted molar refractivity (Wildman–Crippen MR) is 60.7 cm³/mol. The minimum atomic E-state index is -1.23. The lowest BCUT2D eigenvalue weighted by atomic mass is 10.1. The van der Waals surface area contributed by atoms with E-state index in [1.54, 1.807) is 0 Å². The molecule has 0 fully saturated rings. The first-order valence-corrected chi connectivity index (χ1v) is 4.98. The standard InChI is InChI=1S/C11H11FN2O4/c1-6(15)14-8-4-2-3-7(10(8)12)11(18)13-5-9(16)17/h2-4H,5H2,1H3,(H,13,18)(H,14,15)(H,16,17). The topological polar surface area (TPSA) is 95.5 Å². The van der Waals surface area contributed by atoms with Crippen LogP contribution in [-0.2, 0) is 9.59 Å². The number of anilines is 1. The summed E-state index contributed by atoms with van der Waals surface area (Å²) >= 11 is 0. The van der Waals surface area contributed by atoms with Gasteiger partial charge in [-0.15, -0.1) is 0 Å². The van der Waals surface area contributed by atoms with Gasteiger partial charge in [0.2, 0.25) is 5.91 Å². The maximum Gasteiger partial charge on any atom is 0.322 e. The van der Waals surface area contributed by atoms with Crippen LogP contribution in [-0.4, -0.2) is 29.4 Å².